The molecule has 0 unspecified atom stereocenters. The first-order chi connectivity index (χ1) is 13.5. The number of anilines is 1. The molecule has 0 saturated carbocycles. The van der Waals surface area contributed by atoms with Gasteiger partial charge in [0, 0.05) is 0 Å². The molecule has 1 N–H and O–H groups in total. The highest BCUT2D eigenvalue weighted by molar-refractivity contribution is 8.00. The number of aromatic nitrogens is 3. The predicted molar refractivity (Wildman–Crippen MR) is 114 cm³/mol. The standard InChI is InChI=1S/C17H14N4O3S4/c1-25-16-19-18-15(27-16)20-28(23,24)12-7-8-13-14(9-12)26-17(22)21(13)10-11-5-3-2-4-6-11/h2-9H,10H2,1H3,(H,18,20). The van der Waals surface area contributed by atoms with E-state index in [1.165, 1.54) is 23.9 Å². The molecular formula is C17H14N4O3S4. The summed E-state index contributed by atoms with van der Waals surface area (Å²) in [6, 6.07) is 14.3. The van der Waals surface area contributed by atoms with E-state index in [1.807, 2.05) is 36.6 Å². The van der Waals surface area contributed by atoms with Crippen molar-refractivity contribution in [2.75, 3.05) is 11.0 Å². The van der Waals surface area contributed by atoms with Crippen LogP contribution in [0.2, 0.25) is 0 Å². The number of rotatable bonds is 6. The van der Waals surface area contributed by atoms with Crippen molar-refractivity contribution in [2.45, 2.75) is 15.8 Å². The van der Waals surface area contributed by atoms with Crippen LogP contribution in [0.5, 0.6) is 0 Å². The summed E-state index contributed by atoms with van der Waals surface area (Å²) in [6.07, 6.45) is 1.84. The molecule has 0 bridgehead atoms. The summed E-state index contributed by atoms with van der Waals surface area (Å²) in [5.41, 5.74) is 1.71. The summed E-state index contributed by atoms with van der Waals surface area (Å²) in [5.74, 6) is 0. The van der Waals surface area contributed by atoms with Gasteiger partial charge in [0.25, 0.3) is 10.0 Å². The lowest BCUT2D eigenvalue weighted by atomic mass is 10.2. The molecule has 0 aliphatic rings. The Labute approximate surface area is 173 Å². The number of benzene rings is 2. The van der Waals surface area contributed by atoms with E-state index in [4.69, 9.17) is 0 Å². The average Bonchev–Trinajstić information content (AvgIpc) is 3.26. The van der Waals surface area contributed by atoms with Crippen LogP contribution in [0.3, 0.4) is 0 Å². The largest absolute Gasteiger partial charge is 0.308 e. The van der Waals surface area contributed by atoms with Gasteiger partial charge in [-0.2, -0.15) is 0 Å². The molecule has 0 fully saturated rings. The molecule has 2 aromatic carbocycles. The number of thiazole rings is 1. The van der Waals surface area contributed by atoms with E-state index in [9.17, 15) is 13.2 Å². The highest BCUT2D eigenvalue weighted by Gasteiger charge is 2.19. The summed E-state index contributed by atoms with van der Waals surface area (Å²) in [5, 5.41) is 7.92. The Bertz CT molecular complexity index is 1290. The van der Waals surface area contributed by atoms with E-state index in [2.05, 4.69) is 14.9 Å². The first-order valence-corrected chi connectivity index (χ1v) is 12.4. The van der Waals surface area contributed by atoms with Gasteiger partial charge in [-0.1, -0.05) is 64.8 Å². The number of nitrogens with one attached hydrogen (secondary N) is 1. The molecule has 11 heteroatoms. The minimum Gasteiger partial charge on any atom is -0.294 e. The summed E-state index contributed by atoms with van der Waals surface area (Å²) in [7, 11) is -3.82. The maximum atomic E-state index is 12.7. The smallest absolute Gasteiger partial charge is 0.294 e. The number of hydrogen-bond acceptors (Lipinski definition) is 8. The van der Waals surface area contributed by atoms with Gasteiger partial charge in [0.2, 0.25) is 5.13 Å². The Morgan fingerprint density at radius 1 is 1.11 bits per heavy atom. The normalized spacial score (nSPS) is 11.8. The third kappa shape index (κ3) is 3.83. The molecule has 2 aromatic heterocycles. The molecule has 0 aliphatic carbocycles. The molecule has 0 spiro atoms. The van der Waals surface area contributed by atoms with Crippen LogP contribution in [0.4, 0.5) is 5.13 Å². The lowest BCUT2D eigenvalue weighted by Gasteiger charge is -2.06. The SMILES string of the molecule is CSc1nnc(NS(=O)(=O)c2ccc3c(c2)sc(=O)n3Cc2ccccc2)s1. The second-order valence-electron chi connectivity index (χ2n) is 5.75. The average molecular weight is 451 g/mol. The van der Waals surface area contributed by atoms with E-state index in [1.54, 1.807) is 10.6 Å². The van der Waals surface area contributed by atoms with Gasteiger partial charge in [-0.15, -0.1) is 10.2 Å². The summed E-state index contributed by atoms with van der Waals surface area (Å²) < 4.78 is 30.7. The first-order valence-electron chi connectivity index (χ1n) is 8.04. The molecule has 144 valence electrons. The topological polar surface area (TPSA) is 94.0 Å². The lowest BCUT2D eigenvalue weighted by Crippen LogP contribution is -2.14. The minimum atomic E-state index is -3.82. The van der Waals surface area contributed by atoms with Crippen molar-refractivity contribution in [1.29, 1.82) is 0 Å². The van der Waals surface area contributed by atoms with Crippen LogP contribution < -0.4 is 9.60 Å². The van der Waals surface area contributed by atoms with Crippen molar-refractivity contribution < 1.29 is 8.42 Å². The van der Waals surface area contributed by atoms with Crippen LogP contribution in [0.1, 0.15) is 5.56 Å². The first kappa shape index (κ1) is 19.1. The zero-order valence-corrected chi connectivity index (χ0v) is 17.8. The Balaban J connectivity index is 1.67. The van der Waals surface area contributed by atoms with Crippen LogP contribution in [0.15, 0.2) is 62.6 Å². The highest BCUT2D eigenvalue weighted by atomic mass is 32.2. The van der Waals surface area contributed by atoms with Crippen LogP contribution in [-0.2, 0) is 16.6 Å². The van der Waals surface area contributed by atoms with Crippen LogP contribution in [-0.4, -0.2) is 29.4 Å². The Morgan fingerprint density at radius 3 is 2.61 bits per heavy atom. The zero-order valence-electron chi connectivity index (χ0n) is 14.5. The Hall–Kier alpha value is -2.21. The maximum absolute atomic E-state index is 12.7. The second-order valence-corrected chi connectivity index (χ2v) is 10.5. The van der Waals surface area contributed by atoms with Gasteiger partial charge in [-0.3, -0.25) is 14.1 Å². The number of sulfonamides is 1. The van der Waals surface area contributed by atoms with Crippen molar-refractivity contribution in [2.24, 2.45) is 0 Å². The molecule has 0 atom stereocenters. The van der Waals surface area contributed by atoms with Gasteiger partial charge in [0.1, 0.15) is 0 Å². The van der Waals surface area contributed by atoms with Crippen LogP contribution in [0, 0.1) is 0 Å². The van der Waals surface area contributed by atoms with E-state index in [0.29, 0.717) is 21.1 Å². The van der Waals surface area contributed by atoms with Gasteiger partial charge in [-0.05, 0) is 30.0 Å². The number of fused-ring (bicyclic) bond motifs is 1. The number of thioether (sulfide) groups is 1. The van der Waals surface area contributed by atoms with E-state index >= 15 is 0 Å². The highest BCUT2D eigenvalue weighted by Crippen LogP contribution is 2.27. The number of hydrogen-bond donors (Lipinski definition) is 1. The minimum absolute atomic E-state index is 0.0778. The Morgan fingerprint density at radius 2 is 1.89 bits per heavy atom. The summed E-state index contributed by atoms with van der Waals surface area (Å²) in [4.78, 5) is 12.4. The van der Waals surface area contributed by atoms with Gasteiger partial charge < -0.3 is 0 Å². The third-order valence-corrected chi connectivity index (χ3v) is 8.16. The molecule has 0 radical (unpaired) electrons. The van der Waals surface area contributed by atoms with Crippen molar-refractivity contribution in [3.63, 3.8) is 0 Å². The van der Waals surface area contributed by atoms with Crippen molar-refractivity contribution in [1.82, 2.24) is 14.8 Å². The lowest BCUT2D eigenvalue weighted by molar-refractivity contribution is 0.601. The van der Waals surface area contributed by atoms with E-state index in [0.717, 1.165) is 28.2 Å². The maximum Gasteiger partial charge on any atom is 0.308 e. The molecule has 2 heterocycles. The van der Waals surface area contributed by atoms with E-state index < -0.39 is 10.0 Å². The molecule has 0 saturated heterocycles. The number of nitrogens with zero attached hydrogens (tertiary/aromatic N) is 3. The van der Waals surface area contributed by atoms with Crippen LogP contribution >= 0.6 is 34.4 Å². The summed E-state index contributed by atoms with van der Waals surface area (Å²) >= 11 is 3.59. The fourth-order valence-corrected chi connectivity index (χ4v) is 6.07. The molecule has 0 aliphatic heterocycles. The third-order valence-electron chi connectivity index (χ3n) is 3.94. The summed E-state index contributed by atoms with van der Waals surface area (Å²) in [6.45, 7) is 0.437. The fraction of sp³-hybridized carbons (Fsp3) is 0.118. The van der Waals surface area contributed by atoms with Gasteiger partial charge in [-0.25, -0.2) is 8.42 Å². The zero-order chi connectivity index (χ0) is 19.7. The van der Waals surface area contributed by atoms with E-state index in [-0.39, 0.29) is 14.9 Å². The quantitative estimate of drug-likeness (QED) is 0.452. The fourth-order valence-electron chi connectivity index (χ4n) is 2.64. The van der Waals surface area contributed by atoms with Gasteiger partial charge in [0.15, 0.2) is 4.34 Å². The van der Waals surface area contributed by atoms with Gasteiger partial charge in [0.05, 0.1) is 21.7 Å². The van der Waals surface area contributed by atoms with Crippen LogP contribution in [0.25, 0.3) is 10.2 Å². The van der Waals surface area contributed by atoms with Gasteiger partial charge >= 0.3 is 4.87 Å². The van der Waals surface area contributed by atoms with Crippen molar-refractivity contribution >= 4 is 59.8 Å². The predicted octanol–water partition coefficient (Wildman–Crippen LogP) is 3.49. The molecule has 28 heavy (non-hydrogen) atoms. The molecule has 4 rings (SSSR count). The Kier molecular flexibility index (Phi) is 5.23. The molecule has 0 amide bonds. The molecule has 7 nitrogen and oxygen atoms in total. The monoisotopic (exact) mass is 450 g/mol. The van der Waals surface area contributed by atoms with Crippen molar-refractivity contribution in [3.8, 4) is 0 Å². The molecular weight excluding hydrogens is 436 g/mol. The second kappa shape index (κ2) is 7.66. The molecule has 4 aromatic rings. The van der Waals surface area contributed by atoms with Crippen molar-refractivity contribution in [3.05, 3.63) is 63.8 Å².